The second kappa shape index (κ2) is 12.4. The van der Waals surface area contributed by atoms with Gasteiger partial charge in [0.15, 0.2) is 0 Å². The van der Waals surface area contributed by atoms with Crippen molar-refractivity contribution in [1.82, 2.24) is 26.3 Å². The molecule has 4 rings (SSSR count). The van der Waals surface area contributed by atoms with Crippen LogP contribution in [0.25, 0.3) is 0 Å². The largest absolute Gasteiger partial charge is 0.377 e. The number of hydrazine groups is 1. The number of aliphatic hydroxyl groups excluding tert-OH is 1. The van der Waals surface area contributed by atoms with Crippen LogP contribution in [0.3, 0.4) is 0 Å². The Morgan fingerprint density at radius 2 is 1.85 bits per heavy atom. The molecule has 2 aliphatic carbocycles. The fraction of sp³-hybridized carbons (Fsp3) is 0.960. The molecule has 0 aromatic heterocycles. The van der Waals surface area contributed by atoms with Gasteiger partial charge in [-0.25, -0.2) is 4.39 Å². The van der Waals surface area contributed by atoms with E-state index in [0.29, 0.717) is 49.5 Å². The molecule has 2 aliphatic heterocycles. The number of aliphatic hydroxyl groups is 1. The number of nitrogens with zero attached hydrogens (tertiary/aromatic N) is 1. The number of hydrogen-bond acceptors (Lipinski definition) is 7. The van der Waals surface area contributed by atoms with E-state index >= 15 is 0 Å². The first-order chi connectivity index (χ1) is 16.4. The number of halogens is 1. The number of rotatable bonds is 7. The van der Waals surface area contributed by atoms with Crippen LogP contribution < -0.4 is 27.2 Å². The molecule has 196 valence electrons. The van der Waals surface area contributed by atoms with Gasteiger partial charge in [-0.1, -0.05) is 26.2 Å². The zero-order chi connectivity index (χ0) is 24.1. The summed E-state index contributed by atoms with van der Waals surface area (Å²) < 4.78 is 13.5. The minimum absolute atomic E-state index is 0.108. The molecule has 0 aromatic rings. The lowest BCUT2D eigenvalue weighted by Crippen LogP contribution is -2.76. The van der Waals surface area contributed by atoms with Crippen LogP contribution in [0.15, 0.2) is 0 Å². The number of piperidine rings is 1. The Labute approximate surface area is 204 Å². The summed E-state index contributed by atoms with van der Waals surface area (Å²) in [5.74, 6) is 7.89. The van der Waals surface area contributed by atoms with Gasteiger partial charge in [0.05, 0.1) is 18.4 Å². The van der Waals surface area contributed by atoms with Gasteiger partial charge in [-0.05, 0) is 69.2 Å². The first kappa shape index (κ1) is 26.2. The maximum Gasteiger partial charge on any atom is 0.222 e. The van der Waals surface area contributed by atoms with Crippen molar-refractivity contribution in [3.63, 3.8) is 0 Å². The van der Waals surface area contributed by atoms with Crippen LogP contribution in [0.5, 0.6) is 0 Å². The second-order valence-corrected chi connectivity index (χ2v) is 11.4. The summed E-state index contributed by atoms with van der Waals surface area (Å²) in [5, 5.41) is 21.2. The predicted molar refractivity (Wildman–Crippen MR) is 131 cm³/mol. The number of nitrogens with one attached hydrogen (secondary N) is 4. The van der Waals surface area contributed by atoms with Crippen LogP contribution in [0.2, 0.25) is 0 Å². The van der Waals surface area contributed by atoms with Gasteiger partial charge in [0.1, 0.15) is 12.4 Å². The van der Waals surface area contributed by atoms with Crippen LogP contribution in [0.4, 0.5) is 4.39 Å². The number of amides is 1. The lowest BCUT2D eigenvalue weighted by Gasteiger charge is -2.47. The van der Waals surface area contributed by atoms with Gasteiger partial charge in [-0.3, -0.25) is 26.7 Å². The zero-order valence-corrected chi connectivity index (χ0v) is 20.9. The third-order valence-electron chi connectivity index (χ3n) is 9.01. The van der Waals surface area contributed by atoms with E-state index in [0.717, 1.165) is 38.8 Å². The van der Waals surface area contributed by atoms with Crippen LogP contribution in [0.1, 0.15) is 77.6 Å². The predicted octanol–water partition coefficient (Wildman–Crippen LogP) is 1.55. The fourth-order valence-electron chi connectivity index (χ4n) is 6.64. The summed E-state index contributed by atoms with van der Waals surface area (Å²) in [6.07, 6.45) is 8.93. The molecule has 8 nitrogen and oxygen atoms in total. The molecule has 7 unspecified atom stereocenters. The van der Waals surface area contributed by atoms with E-state index in [1.54, 1.807) is 0 Å². The molecule has 0 spiro atoms. The number of hydrogen-bond donors (Lipinski definition) is 6. The van der Waals surface area contributed by atoms with E-state index in [-0.39, 0.29) is 24.3 Å². The molecule has 34 heavy (non-hydrogen) atoms. The molecule has 0 aromatic carbocycles. The summed E-state index contributed by atoms with van der Waals surface area (Å²) >= 11 is 0. The third-order valence-corrected chi connectivity index (χ3v) is 9.01. The Bertz CT molecular complexity index is 649. The van der Waals surface area contributed by atoms with Crippen LogP contribution in [0, 0.1) is 23.7 Å². The molecule has 4 aliphatic rings. The SMILES string of the molecule is CC1CCCCC1CC(=O)N1CCCC(C2NC(O)C(NN)C(NCC3CCC(F)CC3)N2)C1. The maximum atomic E-state index is 13.5. The third kappa shape index (κ3) is 6.68. The summed E-state index contributed by atoms with van der Waals surface area (Å²) in [5.41, 5.74) is 2.74. The minimum atomic E-state index is -0.801. The highest BCUT2D eigenvalue weighted by Gasteiger charge is 2.40. The van der Waals surface area contributed by atoms with Crippen molar-refractivity contribution in [2.45, 2.75) is 108 Å². The number of carbonyl (C=O) groups excluding carboxylic acids is 1. The molecule has 0 bridgehead atoms. The van der Waals surface area contributed by atoms with Crippen molar-refractivity contribution in [1.29, 1.82) is 0 Å². The average molecular weight is 483 g/mol. The lowest BCUT2D eigenvalue weighted by molar-refractivity contribution is -0.135. The van der Waals surface area contributed by atoms with Gasteiger partial charge in [0.2, 0.25) is 5.91 Å². The number of carbonyl (C=O) groups is 1. The molecule has 1 amide bonds. The first-order valence-corrected chi connectivity index (χ1v) is 13.8. The standard InChI is InChI=1S/C25H47FN6O2/c1-16-5-2-3-6-18(16)13-21(33)32-12-4-7-19(15-32)23-29-24(22(31-27)25(34)30-23)28-14-17-8-10-20(26)11-9-17/h16-20,22-25,28-31,34H,2-15,27H2,1H3. The fourth-order valence-corrected chi connectivity index (χ4v) is 6.64. The van der Waals surface area contributed by atoms with E-state index in [1.807, 2.05) is 0 Å². The molecule has 2 saturated heterocycles. The molecule has 0 radical (unpaired) electrons. The first-order valence-electron chi connectivity index (χ1n) is 13.8. The highest BCUT2D eigenvalue weighted by atomic mass is 19.1. The highest BCUT2D eigenvalue weighted by molar-refractivity contribution is 5.76. The summed E-state index contributed by atoms with van der Waals surface area (Å²) in [6.45, 7) is 4.62. The van der Waals surface area contributed by atoms with E-state index in [4.69, 9.17) is 5.84 Å². The summed E-state index contributed by atoms with van der Waals surface area (Å²) in [4.78, 5) is 15.2. The zero-order valence-electron chi connectivity index (χ0n) is 20.9. The van der Waals surface area contributed by atoms with Crippen LogP contribution in [-0.4, -0.2) is 66.3 Å². The summed E-state index contributed by atoms with van der Waals surface area (Å²) in [7, 11) is 0. The molecule has 2 heterocycles. The molecular weight excluding hydrogens is 435 g/mol. The number of nitrogens with two attached hydrogens (primary N) is 1. The van der Waals surface area contributed by atoms with Crippen molar-refractivity contribution < 1.29 is 14.3 Å². The van der Waals surface area contributed by atoms with Crippen LogP contribution in [-0.2, 0) is 4.79 Å². The van der Waals surface area contributed by atoms with Gasteiger partial charge in [-0.15, -0.1) is 0 Å². The quantitative estimate of drug-likeness (QED) is 0.241. The molecule has 9 heteroatoms. The molecule has 2 saturated carbocycles. The van der Waals surface area contributed by atoms with Crippen molar-refractivity contribution in [2.75, 3.05) is 19.6 Å². The maximum absolute atomic E-state index is 13.5. The van der Waals surface area contributed by atoms with Crippen molar-refractivity contribution >= 4 is 5.91 Å². The Balaban J connectivity index is 1.31. The monoisotopic (exact) mass is 482 g/mol. The molecular formula is C25H47FN6O2. The Hall–Kier alpha value is -0.840. The van der Waals surface area contributed by atoms with E-state index in [2.05, 4.69) is 33.2 Å². The number of likely N-dealkylation sites (tertiary alicyclic amines) is 1. The highest BCUT2D eigenvalue weighted by Crippen LogP contribution is 2.33. The van der Waals surface area contributed by atoms with Gasteiger partial charge >= 0.3 is 0 Å². The lowest BCUT2D eigenvalue weighted by atomic mass is 9.78. The van der Waals surface area contributed by atoms with Gasteiger partial charge in [0.25, 0.3) is 0 Å². The Morgan fingerprint density at radius 3 is 2.59 bits per heavy atom. The Morgan fingerprint density at radius 1 is 1.09 bits per heavy atom. The topological polar surface area (TPSA) is 115 Å². The van der Waals surface area contributed by atoms with E-state index in [1.165, 1.54) is 25.7 Å². The summed E-state index contributed by atoms with van der Waals surface area (Å²) in [6, 6.07) is -0.386. The van der Waals surface area contributed by atoms with Gasteiger partial charge in [-0.2, -0.15) is 0 Å². The van der Waals surface area contributed by atoms with Crippen molar-refractivity contribution in [2.24, 2.45) is 29.5 Å². The second-order valence-electron chi connectivity index (χ2n) is 11.4. The van der Waals surface area contributed by atoms with Crippen molar-refractivity contribution in [3.05, 3.63) is 0 Å². The smallest absolute Gasteiger partial charge is 0.222 e. The normalized spacial score (nSPS) is 41.9. The van der Waals surface area contributed by atoms with E-state index in [9.17, 15) is 14.3 Å². The Kier molecular flexibility index (Phi) is 9.57. The van der Waals surface area contributed by atoms with Crippen molar-refractivity contribution in [3.8, 4) is 0 Å². The molecule has 7 atom stereocenters. The minimum Gasteiger partial charge on any atom is -0.377 e. The van der Waals surface area contributed by atoms with Gasteiger partial charge < -0.3 is 15.3 Å². The number of alkyl halides is 1. The molecule has 7 N–H and O–H groups in total. The molecule has 4 fully saturated rings. The van der Waals surface area contributed by atoms with Crippen LogP contribution >= 0.6 is 0 Å². The average Bonchev–Trinajstić information content (AvgIpc) is 2.85. The van der Waals surface area contributed by atoms with E-state index < -0.39 is 12.4 Å². The van der Waals surface area contributed by atoms with Gasteiger partial charge in [0, 0.05) is 25.4 Å².